The van der Waals surface area contributed by atoms with Crippen molar-refractivity contribution in [1.82, 2.24) is 0 Å². The number of aryl methyl sites for hydroxylation is 1. The summed E-state index contributed by atoms with van der Waals surface area (Å²) in [6, 6.07) is 3.95. The Kier molecular flexibility index (Phi) is 3.71. The van der Waals surface area contributed by atoms with Gasteiger partial charge < -0.3 is 10.1 Å². The van der Waals surface area contributed by atoms with Gasteiger partial charge in [0.05, 0.1) is 12.6 Å². The molecule has 0 saturated carbocycles. The first-order valence-corrected chi connectivity index (χ1v) is 6.45. The Morgan fingerprint density at radius 2 is 2.00 bits per heavy atom. The standard InChI is InChI=1S/C13H21N3O/c1-3-14-13-10-12(9-11(2)16(13)17)15-7-5-4-6-8-15/h9-10,14H,3-8H2,1-2H3. The van der Waals surface area contributed by atoms with Gasteiger partial charge >= 0.3 is 0 Å². The molecule has 0 unspecified atom stereocenters. The van der Waals surface area contributed by atoms with Crippen LogP contribution in [0.4, 0.5) is 11.5 Å². The highest BCUT2D eigenvalue weighted by molar-refractivity contribution is 5.53. The monoisotopic (exact) mass is 235 g/mol. The van der Waals surface area contributed by atoms with Gasteiger partial charge in [0.15, 0.2) is 0 Å². The molecule has 94 valence electrons. The summed E-state index contributed by atoms with van der Waals surface area (Å²) in [7, 11) is 0. The predicted octanol–water partition coefficient (Wildman–Crippen LogP) is 2.05. The van der Waals surface area contributed by atoms with E-state index in [0.29, 0.717) is 5.82 Å². The zero-order valence-corrected chi connectivity index (χ0v) is 10.7. The SMILES string of the molecule is CCNc1cc(N2CCCCC2)cc(C)[n+]1[O-]. The lowest BCUT2D eigenvalue weighted by atomic mass is 10.1. The van der Waals surface area contributed by atoms with Crippen molar-refractivity contribution in [2.24, 2.45) is 0 Å². The van der Waals surface area contributed by atoms with Crippen LogP contribution in [0.5, 0.6) is 0 Å². The average Bonchev–Trinajstić information content (AvgIpc) is 2.36. The highest BCUT2D eigenvalue weighted by Gasteiger charge is 2.15. The molecular formula is C13H21N3O. The van der Waals surface area contributed by atoms with Crippen LogP contribution in [0.25, 0.3) is 0 Å². The van der Waals surface area contributed by atoms with Gasteiger partial charge in [0, 0.05) is 24.8 Å². The molecule has 0 bridgehead atoms. The van der Waals surface area contributed by atoms with E-state index in [-0.39, 0.29) is 0 Å². The van der Waals surface area contributed by atoms with E-state index >= 15 is 0 Å². The molecule has 1 saturated heterocycles. The quantitative estimate of drug-likeness (QED) is 0.644. The van der Waals surface area contributed by atoms with Crippen molar-refractivity contribution in [1.29, 1.82) is 0 Å². The molecule has 2 heterocycles. The smallest absolute Gasteiger partial charge is 0.279 e. The van der Waals surface area contributed by atoms with E-state index in [4.69, 9.17) is 0 Å². The summed E-state index contributed by atoms with van der Waals surface area (Å²) in [4.78, 5) is 2.37. The Labute approximate surface area is 103 Å². The summed E-state index contributed by atoms with van der Waals surface area (Å²) in [5, 5.41) is 14.9. The highest BCUT2D eigenvalue weighted by Crippen LogP contribution is 2.22. The molecule has 0 aromatic carbocycles. The molecule has 0 atom stereocenters. The molecule has 0 aliphatic carbocycles. The number of nitrogens with zero attached hydrogens (tertiary/aromatic N) is 2. The zero-order chi connectivity index (χ0) is 12.3. The van der Waals surface area contributed by atoms with Crippen molar-refractivity contribution in [2.45, 2.75) is 33.1 Å². The van der Waals surface area contributed by atoms with Crippen LogP contribution in [0.15, 0.2) is 12.1 Å². The van der Waals surface area contributed by atoms with Gasteiger partial charge in [-0.1, -0.05) is 0 Å². The first kappa shape index (κ1) is 12.0. The minimum absolute atomic E-state index is 0.660. The van der Waals surface area contributed by atoms with E-state index in [2.05, 4.69) is 10.2 Å². The van der Waals surface area contributed by atoms with Crippen LogP contribution in [-0.4, -0.2) is 19.6 Å². The maximum atomic E-state index is 11.8. The van der Waals surface area contributed by atoms with E-state index in [1.165, 1.54) is 24.9 Å². The molecule has 4 nitrogen and oxygen atoms in total. The van der Waals surface area contributed by atoms with Gasteiger partial charge in [-0.25, -0.2) is 4.73 Å². The fourth-order valence-corrected chi connectivity index (χ4v) is 2.34. The third-order valence-corrected chi connectivity index (χ3v) is 3.26. The van der Waals surface area contributed by atoms with Crippen molar-refractivity contribution in [3.63, 3.8) is 0 Å². The number of nitrogens with one attached hydrogen (secondary N) is 1. The van der Waals surface area contributed by atoms with Crippen LogP contribution < -0.4 is 14.9 Å². The van der Waals surface area contributed by atoms with Crippen molar-refractivity contribution in [3.8, 4) is 0 Å². The molecule has 1 aromatic rings. The second kappa shape index (κ2) is 5.25. The molecule has 2 rings (SSSR count). The number of hydrogen-bond donors (Lipinski definition) is 1. The third-order valence-electron chi connectivity index (χ3n) is 3.26. The minimum Gasteiger partial charge on any atom is -0.710 e. The van der Waals surface area contributed by atoms with Crippen LogP contribution in [0.3, 0.4) is 0 Å². The fourth-order valence-electron chi connectivity index (χ4n) is 2.34. The Balaban J connectivity index is 2.27. The second-order valence-electron chi connectivity index (χ2n) is 4.61. The van der Waals surface area contributed by atoms with Crippen molar-refractivity contribution in [3.05, 3.63) is 23.0 Å². The van der Waals surface area contributed by atoms with Crippen LogP contribution in [0.1, 0.15) is 31.9 Å². The number of piperidine rings is 1. The lowest BCUT2D eigenvalue weighted by molar-refractivity contribution is -0.597. The van der Waals surface area contributed by atoms with Crippen LogP contribution in [0.2, 0.25) is 0 Å². The number of aromatic nitrogens is 1. The summed E-state index contributed by atoms with van der Waals surface area (Å²) < 4.78 is 0.969. The highest BCUT2D eigenvalue weighted by atomic mass is 16.5. The molecule has 1 aromatic heterocycles. The molecule has 0 amide bonds. The van der Waals surface area contributed by atoms with Crippen molar-refractivity contribution < 1.29 is 4.73 Å². The second-order valence-corrected chi connectivity index (χ2v) is 4.61. The Bertz CT molecular complexity index is 386. The van der Waals surface area contributed by atoms with Crippen molar-refractivity contribution in [2.75, 3.05) is 29.9 Å². The van der Waals surface area contributed by atoms with E-state index < -0.39 is 0 Å². The first-order chi connectivity index (χ1) is 8.22. The number of hydrogen-bond acceptors (Lipinski definition) is 3. The van der Waals surface area contributed by atoms with Gasteiger partial charge in [0.25, 0.3) is 5.82 Å². The molecule has 17 heavy (non-hydrogen) atoms. The number of pyridine rings is 1. The molecule has 1 aliphatic heterocycles. The maximum absolute atomic E-state index is 11.8. The number of rotatable bonds is 3. The first-order valence-electron chi connectivity index (χ1n) is 6.45. The summed E-state index contributed by atoms with van der Waals surface area (Å²) >= 11 is 0. The topological polar surface area (TPSA) is 42.2 Å². The molecule has 1 N–H and O–H groups in total. The van der Waals surface area contributed by atoms with Gasteiger partial charge in [-0.3, -0.25) is 5.32 Å². The Hall–Kier alpha value is -1.45. The molecule has 0 spiro atoms. The summed E-state index contributed by atoms with van der Waals surface area (Å²) in [5.74, 6) is 0.660. The van der Waals surface area contributed by atoms with Gasteiger partial charge in [0.2, 0.25) is 0 Å². The summed E-state index contributed by atoms with van der Waals surface area (Å²) in [6.45, 7) is 6.84. The Morgan fingerprint density at radius 3 is 2.65 bits per heavy atom. The normalized spacial score (nSPS) is 16.0. The van der Waals surface area contributed by atoms with Crippen LogP contribution in [-0.2, 0) is 0 Å². The lowest BCUT2D eigenvalue weighted by Gasteiger charge is -2.29. The summed E-state index contributed by atoms with van der Waals surface area (Å²) in [5.41, 5.74) is 1.93. The lowest BCUT2D eigenvalue weighted by Crippen LogP contribution is -2.36. The molecule has 1 aliphatic rings. The van der Waals surface area contributed by atoms with E-state index in [9.17, 15) is 5.21 Å². The zero-order valence-electron chi connectivity index (χ0n) is 10.7. The fraction of sp³-hybridized carbons (Fsp3) is 0.615. The number of anilines is 2. The molecule has 1 fully saturated rings. The van der Waals surface area contributed by atoms with E-state index in [0.717, 1.165) is 30.1 Å². The molecular weight excluding hydrogens is 214 g/mol. The van der Waals surface area contributed by atoms with Gasteiger partial charge in [-0.2, -0.15) is 0 Å². The van der Waals surface area contributed by atoms with Crippen LogP contribution >= 0.6 is 0 Å². The predicted molar refractivity (Wildman–Crippen MR) is 70.4 cm³/mol. The Morgan fingerprint density at radius 1 is 1.29 bits per heavy atom. The van der Waals surface area contributed by atoms with Crippen LogP contribution in [0, 0.1) is 12.1 Å². The average molecular weight is 235 g/mol. The van der Waals surface area contributed by atoms with Gasteiger partial charge in [0.1, 0.15) is 5.69 Å². The van der Waals surface area contributed by atoms with E-state index in [1.807, 2.05) is 26.0 Å². The largest absolute Gasteiger partial charge is 0.710 e. The molecule has 0 radical (unpaired) electrons. The summed E-state index contributed by atoms with van der Waals surface area (Å²) in [6.07, 6.45) is 3.83. The van der Waals surface area contributed by atoms with Gasteiger partial charge in [-0.05, 0) is 33.1 Å². The maximum Gasteiger partial charge on any atom is 0.279 e. The van der Waals surface area contributed by atoms with Crippen molar-refractivity contribution >= 4 is 11.5 Å². The van der Waals surface area contributed by atoms with E-state index in [1.54, 1.807) is 0 Å². The molecule has 4 heteroatoms. The third kappa shape index (κ3) is 2.62. The van der Waals surface area contributed by atoms with Gasteiger partial charge in [-0.15, -0.1) is 0 Å². The minimum atomic E-state index is 0.660.